The molecular weight excluding hydrogens is 306 g/mol. The summed E-state index contributed by atoms with van der Waals surface area (Å²) < 4.78 is 5.74. The van der Waals surface area contributed by atoms with E-state index in [1.54, 1.807) is 6.07 Å². The number of aliphatic hydroxyl groups excluding tert-OH is 1. The van der Waals surface area contributed by atoms with E-state index in [-0.39, 0.29) is 24.4 Å². The second-order valence-corrected chi connectivity index (χ2v) is 5.85. The van der Waals surface area contributed by atoms with Crippen LogP contribution in [0, 0.1) is 0 Å². The van der Waals surface area contributed by atoms with Crippen molar-refractivity contribution >= 4 is 35.1 Å². The number of fused-ring (bicyclic) bond motifs is 1. The number of rotatable bonds is 3. The molecule has 22 heavy (non-hydrogen) atoms. The number of benzene rings is 1. The Hall–Kier alpha value is -1.63. The number of aliphatic hydroxyl groups is 1. The van der Waals surface area contributed by atoms with Gasteiger partial charge in [-0.1, -0.05) is 0 Å². The third-order valence-corrected chi connectivity index (χ3v) is 4.02. The number of aromatic nitrogens is 1. The smallest absolute Gasteiger partial charge is 0.241 e. The minimum atomic E-state index is -0.446. The van der Waals surface area contributed by atoms with Crippen molar-refractivity contribution in [1.82, 2.24) is 10.3 Å². The summed E-state index contributed by atoms with van der Waals surface area (Å²) in [6.45, 7) is 0.462. The summed E-state index contributed by atoms with van der Waals surface area (Å²) in [7, 11) is 0. The minimum Gasteiger partial charge on any atom is -0.440 e. The number of hydrogen-bond acceptors (Lipinski definition) is 5. The number of amides is 1. The Labute approximate surface area is 133 Å². The van der Waals surface area contributed by atoms with Gasteiger partial charge in [0.1, 0.15) is 5.52 Å². The van der Waals surface area contributed by atoms with Gasteiger partial charge in [-0.2, -0.15) is 0 Å². The van der Waals surface area contributed by atoms with Crippen LogP contribution >= 0.6 is 12.4 Å². The predicted octanol–water partition coefficient (Wildman–Crippen LogP) is 1.79. The number of carbonyl (C=O) groups excluding carboxylic acids is 1. The summed E-state index contributed by atoms with van der Waals surface area (Å²) in [5.74, 6) is 1.14. The van der Waals surface area contributed by atoms with Crippen molar-refractivity contribution in [2.24, 2.45) is 0 Å². The van der Waals surface area contributed by atoms with Crippen molar-refractivity contribution in [1.29, 1.82) is 0 Å². The monoisotopic (exact) mass is 323 g/mol. The molecule has 1 aliphatic heterocycles. The van der Waals surface area contributed by atoms with Crippen LogP contribution in [0.25, 0.3) is 11.1 Å². The van der Waals surface area contributed by atoms with Gasteiger partial charge in [0, 0.05) is 24.2 Å². The average molecular weight is 324 g/mol. The van der Waals surface area contributed by atoms with E-state index in [9.17, 15) is 9.90 Å². The lowest BCUT2D eigenvalue weighted by Gasteiger charge is -2.10. The molecular formula is C15H18ClN3O3. The second-order valence-electron chi connectivity index (χ2n) is 5.85. The Morgan fingerprint density at radius 1 is 1.41 bits per heavy atom. The molecule has 1 aromatic carbocycles. The maximum absolute atomic E-state index is 12.1. The first kappa shape index (κ1) is 15.3. The summed E-state index contributed by atoms with van der Waals surface area (Å²) in [6.07, 6.45) is 2.29. The van der Waals surface area contributed by atoms with Crippen LogP contribution in [-0.4, -0.2) is 34.7 Å². The van der Waals surface area contributed by atoms with Crippen LogP contribution in [0.3, 0.4) is 0 Å². The van der Waals surface area contributed by atoms with Crippen LogP contribution in [-0.2, 0) is 4.79 Å². The molecule has 2 heterocycles. The summed E-state index contributed by atoms with van der Waals surface area (Å²) >= 11 is 0. The zero-order valence-corrected chi connectivity index (χ0v) is 12.7. The summed E-state index contributed by atoms with van der Waals surface area (Å²) in [5.41, 5.74) is 2.22. The van der Waals surface area contributed by atoms with Crippen molar-refractivity contribution in [2.45, 2.75) is 37.3 Å². The molecule has 0 spiro atoms. The molecule has 2 aromatic rings. The average Bonchev–Trinajstić information content (AvgIpc) is 3.09. The van der Waals surface area contributed by atoms with Crippen molar-refractivity contribution in [3.8, 4) is 0 Å². The fraction of sp³-hybridized carbons (Fsp3) is 0.467. The second kappa shape index (κ2) is 5.87. The molecule has 6 nitrogen and oxygen atoms in total. The Morgan fingerprint density at radius 3 is 2.91 bits per heavy atom. The highest BCUT2D eigenvalue weighted by Gasteiger charge is 2.29. The standard InChI is InChI=1S/C15H17N3O3.ClH/c19-10-6-12(16-7-10)14(20)17-9-3-4-11-13(5-9)21-15(18-11)8-1-2-8;/h3-5,8,10,12,16,19H,1-2,6-7H2,(H,17,20);1H. The number of nitrogens with one attached hydrogen (secondary N) is 2. The number of carbonyl (C=O) groups is 1. The van der Waals surface area contributed by atoms with Gasteiger partial charge in [0.2, 0.25) is 5.91 Å². The molecule has 3 N–H and O–H groups in total. The van der Waals surface area contributed by atoms with E-state index < -0.39 is 6.10 Å². The van der Waals surface area contributed by atoms with Crippen molar-refractivity contribution < 1.29 is 14.3 Å². The van der Waals surface area contributed by atoms with E-state index in [1.807, 2.05) is 12.1 Å². The van der Waals surface area contributed by atoms with Crippen LogP contribution in [0.5, 0.6) is 0 Å². The van der Waals surface area contributed by atoms with Gasteiger partial charge in [-0.25, -0.2) is 4.98 Å². The predicted molar refractivity (Wildman–Crippen MR) is 84.3 cm³/mol. The van der Waals surface area contributed by atoms with Gasteiger partial charge in [-0.3, -0.25) is 4.79 Å². The third-order valence-electron chi connectivity index (χ3n) is 4.02. The first-order valence-electron chi connectivity index (χ1n) is 7.32. The number of anilines is 1. The molecule has 0 bridgehead atoms. The van der Waals surface area contributed by atoms with Gasteiger partial charge in [0.25, 0.3) is 0 Å². The SMILES string of the molecule is Cl.O=C(Nc1ccc2nc(C3CC3)oc2c1)C1CC(O)CN1. The lowest BCUT2D eigenvalue weighted by atomic mass is 10.2. The van der Waals surface area contributed by atoms with Crippen LogP contribution in [0.15, 0.2) is 22.6 Å². The molecule has 118 valence electrons. The van der Waals surface area contributed by atoms with Crippen molar-refractivity contribution in [3.05, 3.63) is 24.1 Å². The van der Waals surface area contributed by atoms with Gasteiger partial charge in [0.15, 0.2) is 11.5 Å². The molecule has 1 amide bonds. The van der Waals surface area contributed by atoms with E-state index >= 15 is 0 Å². The summed E-state index contributed by atoms with van der Waals surface area (Å²) in [4.78, 5) is 16.5. The van der Waals surface area contributed by atoms with Gasteiger partial charge >= 0.3 is 0 Å². The summed E-state index contributed by atoms with van der Waals surface area (Å²) in [6, 6.07) is 5.15. The number of β-amino-alcohol motifs (C(OH)–C–C–N with tert-alkyl or cyclic N) is 1. The molecule has 2 atom stereocenters. The Bertz CT molecular complexity index is 698. The first-order chi connectivity index (χ1) is 10.2. The van der Waals surface area contributed by atoms with E-state index in [2.05, 4.69) is 15.6 Å². The molecule has 2 unspecified atom stereocenters. The number of nitrogens with zero attached hydrogens (tertiary/aromatic N) is 1. The zero-order chi connectivity index (χ0) is 14.4. The summed E-state index contributed by atoms with van der Waals surface area (Å²) in [5, 5.41) is 15.3. The Balaban J connectivity index is 0.00000144. The van der Waals surface area contributed by atoms with Crippen LogP contribution in [0.2, 0.25) is 0 Å². The Kier molecular flexibility index (Phi) is 4.08. The Morgan fingerprint density at radius 2 is 2.23 bits per heavy atom. The third kappa shape index (κ3) is 2.95. The van der Waals surface area contributed by atoms with E-state index in [1.165, 1.54) is 0 Å². The fourth-order valence-corrected chi connectivity index (χ4v) is 2.67. The lowest BCUT2D eigenvalue weighted by molar-refractivity contribution is -0.117. The molecule has 2 aliphatic rings. The van der Waals surface area contributed by atoms with Gasteiger partial charge in [-0.15, -0.1) is 12.4 Å². The largest absolute Gasteiger partial charge is 0.440 e. The minimum absolute atomic E-state index is 0. The van der Waals surface area contributed by atoms with Gasteiger partial charge < -0.3 is 20.2 Å². The molecule has 0 radical (unpaired) electrons. The number of hydrogen-bond donors (Lipinski definition) is 3. The van der Waals surface area contributed by atoms with Gasteiger partial charge in [-0.05, 0) is 31.4 Å². The lowest BCUT2D eigenvalue weighted by Crippen LogP contribution is -2.35. The van der Waals surface area contributed by atoms with Crippen molar-refractivity contribution in [3.63, 3.8) is 0 Å². The first-order valence-corrected chi connectivity index (χ1v) is 7.32. The topological polar surface area (TPSA) is 87.4 Å². The molecule has 7 heteroatoms. The van der Waals surface area contributed by atoms with E-state index in [4.69, 9.17) is 4.42 Å². The molecule has 4 rings (SSSR count). The quantitative estimate of drug-likeness (QED) is 0.801. The highest BCUT2D eigenvalue weighted by Crippen LogP contribution is 2.40. The maximum Gasteiger partial charge on any atom is 0.241 e. The van der Waals surface area contributed by atoms with Crippen LogP contribution < -0.4 is 10.6 Å². The van der Waals surface area contributed by atoms with Crippen molar-refractivity contribution in [2.75, 3.05) is 11.9 Å². The van der Waals surface area contributed by atoms with E-state index in [0.717, 1.165) is 24.2 Å². The highest BCUT2D eigenvalue weighted by molar-refractivity contribution is 5.96. The van der Waals surface area contributed by atoms with E-state index in [0.29, 0.717) is 30.2 Å². The maximum atomic E-state index is 12.1. The molecule has 1 saturated carbocycles. The van der Waals surface area contributed by atoms with Gasteiger partial charge in [0.05, 0.1) is 12.1 Å². The number of oxazole rings is 1. The zero-order valence-electron chi connectivity index (χ0n) is 11.9. The molecule has 1 aliphatic carbocycles. The number of halogens is 1. The molecule has 1 aromatic heterocycles. The molecule has 2 fully saturated rings. The fourth-order valence-electron chi connectivity index (χ4n) is 2.67. The molecule has 1 saturated heterocycles. The normalized spacial score (nSPS) is 24.2. The van der Waals surface area contributed by atoms with Crippen LogP contribution in [0.4, 0.5) is 5.69 Å². The highest BCUT2D eigenvalue weighted by atomic mass is 35.5. The van der Waals surface area contributed by atoms with Crippen LogP contribution in [0.1, 0.15) is 31.1 Å².